The molecule has 4 nitrogen and oxygen atoms in total. The summed E-state index contributed by atoms with van der Waals surface area (Å²) in [7, 11) is 0. The maximum absolute atomic E-state index is 12.3. The zero-order valence-corrected chi connectivity index (χ0v) is 10.2. The average Bonchev–Trinajstić information content (AvgIpc) is 2.45. The highest BCUT2D eigenvalue weighted by molar-refractivity contribution is 5.43. The van der Waals surface area contributed by atoms with E-state index in [1.54, 1.807) is 24.4 Å². The van der Waals surface area contributed by atoms with E-state index in [1.165, 1.54) is 4.40 Å². The summed E-state index contributed by atoms with van der Waals surface area (Å²) in [5.74, 6) is -0.194. The van der Waals surface area contributed by atoms with Gasteiger partial charge in [-0.15, -0.1) is 0 Å². The molecular weight excluding hydrogens is 240 g/mol. The first kappa shape index (κ1) is 11.5. The van der Waals surface area contributed by atoms with Gasteiger partial charge in [-0.05, 0) is 17.7 Å². The van der Waals surface area contributed by atoms with Gasteiger partial charge in [0.1, 0.15) is 5.65 Å². The number of hydrogen-bond donors (Lipinski definition) is 1. The molecule has 2 heterocycles. The van der Waals surface area contributed by atoms with Gasteiger partial charge in [0.05, 0.1) is 5.56 Å². The van der Waals surface area contributed by atoms with Crippen LogP contribution in [0.3, 0.4) is 0 Å². The van der Waals surface area contributed by atoms with Gasteiger partial charge in [0, 0.05) is 12.6 Å². The van der Waals surface area contributed by atoms with Crippen molar-refractivity contribution in [2.75, 3.05) is 0 Å². The van der Waals surface area contributed by atoms with E-state index in [0.717, 1.165) is 5.56 Å². The molecule has 0 spiro atoms. The van der Waals surface area contributed by atoms with E-state index in [4.69, 9.17) is 0 Å². The number of benzene rings is 1. The van der Waals surface area contributed by atoms with Crippen molar-refractivity contribution in [1.29, 1.82) is 0 Å². The van der Waals surface area contributed by atoms with Gasteiger partial charge in [-0.1, -0.05) is 36.4 Å². The van der Waals surface area contributed by atoms with E-state index >= 15 is 0 Å². The Kier molecular flexibility index (Phi) is 2.76. The van der Waals surface area contributed by atoms with Crippen LogP contribution in [0.2, 0.25) is 0 Å². The Morgan fingerprint density at radius 3 is 2.58 bits per heavy atom. The largest absolute Gasteiger partial charge is 0.493 e. The van der Waals surface area contributed by atoms with E-state index in [-0.39, 0.29) is 11.4 Å². The van der Waals surface area contributed by atoms with Crippen molar-refractivity contribution in [1.82, 2.24) is 9.38 Å². The number of rotatable bonds is 2. The van der Waals surface area contributed by atoms with Crippen molar-refractivity contribution in [2.24, 2.45) is 0 Å². The molecule has 0 bridgehead atoms. The number of aromatic hydroxyl groups is 1. The van der Waals surface area contributed by atoms with Crippen molar-refractivity contribution in [2.45, 2.75) is 6.42 Å². The zero-order chi connectivity index (χ0) is 13.2. The van der Waals surface area contributed by atoms with Gasteiger partial charge in [0.15, 0.2) is 0 Å². The van der Waals surface area contributed by atoms with Crippen LogP contribution in [0.15, 0.2) is 59.5 Å². The van der Waals surface area contributed by atoms with Crippen LogP contribution < -0.4 is 5.56 Å². The number of pyridine rings is 1. The minimum Gasteiger partial charge on any atom is -0.493 e. The number of fused-ring (bicyclic) bond motifs is 1. The van der Waals surface area contributed by atoms with Crippen LogP contribution >= 0.6 is 0 Å². The van der Waals surface area contributed by atoms with Crippen LogP contribution in [0, 0.1) is 0 Å². The first-order valence-electron chi connectivity index (χ1n) is 5.99. The van der Waals surface area contributed by atoms with Gasteiger partial charge in [-0.2, -0.15) is 4.98 Å². The third-order valence-electron chi connectivity index (χ3n) is 3.03. The topological polar surface area (TPSA) is 54.6 Å². The molecule has 3 rings (SSSR count). The second kappa shape index (κ2) is 4.57. The first-order chi connectivity index (χ1) is 9.25. The summed E-state index contributed by atoms with van der Waals surface area (Å²) in [6.45, 7) is 0. The van der Waals surface area contributed by atoms with E-state index in [1.807, 2.05) is 30.3 Å². The second-order valence-corrected chi connectivity index (χ2v) is 4.31. The molecule has 0 aliphatic carbocycles. The zero-order valence-electron chi connectivity index (χ0n) is 10.2. The van der Waals surface area contributed by atoms with Crippen LogP contribution in [0.1, 0.15) is 11.1 Å². The van der Waals surface area contributed by atoms with E-state index < -0.39 is 0 Å². The molecule has 0 aliphatic heterocycles. The van der Waals surface area contributed by atoms with E-state index in [2.05, 4.69) is 4.98 Å². The fourth-order valence-electron chi connectivity index (χ4n) is 2.07. The Morgan fingerprint density at radius 2 is 1.79 bits per heavy atom. The van der Waals surface area contributed by atoms with E-state index in [9.17, 15) is 9.90 Å². The molecule has 0 unspecified atom stereocenters. The molecule has 94 valence electrons. The fraction of sp³-hybridized carbons (Fsp3) is 0.0667. The molecule has 0 amide bonds. The van der Waals surface area contributed by atoms with Crippen LogP contribution in [-0.4, -0.2) is 14.5 Å². The molecule has 0 saturated carbocycles. The minimum atomic E-state index is -0.230. The van der Waals surface area contributed by atoms with Crippen molar-refractivity contribution < 1.29 is 5.11 Å². The molecule has 19 heavy (non-hydrogen) atoms. The molecule has 0 saturated heterocycles. The molecule has 3 aromatic rings. The van der Waals surface area contributed by atoms with Crippen molar-refractivity contribution in [3.05, 3.63) is 76.2 Å². The van der Waals surface area contributed by atoms with Crippen LogP contribution in [0.4, 0.5) is 0 Å². The standard InChI is InChI=1S/C15H12N2O2/c18-14-12(10-11-6-2-1-3-7-11)15(19)17-9-5-4-8-13(17)16-14/h1-9,18H,10H2. The molecule has 0 fully saturated rings. The van der Waals surface area contributed by atoms with Gasteiger partial charge < -0.3 is 5.11 Å². The van der Waals surface area contributed by atoms with Gasteiger partial charge in [-0.3, -0.25) is 9.20 Å². The fourth-order valence-corrected chi connectivity index (χ4v) is 2.07. The number of aromatic nitrogens is 2. The molecule has 0 radical (unpaired) electrons. The Morgan fingerprint density at radius 1 is 1.05 bits per heavy atom. The first-order valence-corrected chi connectivity index (χ1v) is 5.99. The van der Waals surface area contributed by atoms with Crippen LogP contribution in [0.25, 0.3) is 5.65 Å². The molecule has 1 N–H and O–H groups in total. The van der Waals surface area contributed by atoms with Crippen LogP contribution in [0.5, 0.6) is 5.88 Å². The quantitative estimate of drug-likeness (QED) is 0.758. The molecule has 4 heteroatoms. The predicted molar refractivity (Wildman–Crippen MR) is 72.4 cm³/mol. The summed E-state index contributed by atoms with van der Waals surface area (Å²) >= 11 is 0. The molecule has 2 aromatic heterocycles. The summed E-state index contributed by atoms with van der Waals surface area (Å²) in [4.78, 5) is 16.4. The van der Waals surface area contributed by atoms with Crippen molar-refractivity contribution in [3.63, 3.8) is 0 Å². The average molecular weight is 252 g/mol. The molecule has 0 atom stereocenters. The smallest absolute Gasteiger partial charge is 0.265 e. The lowest BCUT2D eigenvalue weighted by molar-refractivity contribution is 0.446. The Balaban J connectivity index is 2.16. The summed E-state index contributed by atoms with van der Waals surface area (Å²) < 4.78 is 1.44. The Labute approximate surface area is 109 Å². The van der Waals surface area contributed by atoms with E-state index in [0.29, 0.717) is 17.6 Å². The SMILES string of the molecule is O=c1c(Cc2ccccc2)c(O)nc2ccccn12. The maximum atomic E-state index is 12.3. The molecule has 0 aliphatic rings. The molecule has 1 aromatic carbocycles. The third-order valence-corrected chi connectivity index (χ3v) is 3.03. The summed E-state index contributed by atoms with van der Waals surface area (Å²) in [5.41, 5.74) is 1.50. The van der Waals surface area contributed by atoms with Crippen molar-refractivity contribution in [3.8, 4) is 5.88 Å². The molecular formula is C15H12N2O2. The highest BCUT2D eigenvalue weighted by atomic mass is 16.3. The minimum absolute atomic E-state index is 0.194. The lowest BCUT2D eigenvalue weighted by Crippen LogP contribution is -2.19. The Hall–Kier alpha value is -2.62. The lowest BCUT2D eigenvalue weighted by Gasteiger charge is -2.06. The summed E-state index contributed by atoms with van der Waals surface area (Å²) in [6.07, 6.45) is 2.02. The monoisotopic (exact) mass is 252 g/mol. The van der Waals surface area contributed by atoms with Gasteiger partial charge in [0.2, 0.25) is 5.88 Å². The van der Waals surface area contributed by atoms with Gasteiger partial charge in [0.25, 0.3) is 5.56 Å². The summed E-state index contributed by atoms with van der Waals surface area (Å²) in [6, 6.07) is 14.8. The lowest BCUT2D eigenvalue weighted by atomic mass is 10.1. The predicted octanol–water partition coefficient (Wildman–Crippen LogP) is 1.99. The maximum Gasteiger partial charge on any atom is 0.265 e. The highest BCUT2D eigenvalue weighted by Gasteiger charge is 2.12. The number of hydrogen-bond acceptors (Lipinski definition) is 3. The van der Waals surface area contributed by atoms with Gasteiger partial charge in [-0.25, -0.2) is 0 Å². The Bertz CT molecular complexity index is 779. The number of nitrogens with zero attached hydrogens (tertiary/aromatic N) is 2. The summed E-state index contributed by atoms with van der Waals surface area (Å²) in [5, 5.41) is 9.93. The third kappa shape index (κ3) is 2.08. The van der Waals surface area contributed by atoms with Crippen LogP contribution in [-0.2, 0) is 6.42 Å². The normalized spacial score (nSPS) is 10.7. The van der Waals surface area contributed by atoms with Gasteiger partial charge >= 0.3 is 0 Å². The second-order valence-electron chi connectivity index (χ2n) is 4.31. The van der Waals surface area contributed by atoms with Crippen molar-refractivity contribution >= 4 is 5.65 Å². The highest BCUT2D eigenvalue weighted by Crippen LogP contribution is 2.15.